The van der Waals surface area contributed by atoms with E-state index < -0.39 is 0 Å². The van der Waals surface area contributed by atoms with Gasteiger partial charge in [0.1, 0.15) is 6.33 Å². The van der Waals surface area contributed by atoms with Crippen molar-refractivity contribution in [1.29, 1.82) is 0 Å². The number of hydrogen-bond acceptors (Lipinski definition) is 5. The molecule has 2 unspecified atom stereocenters. The number of nitrogens with one attached hydrogen (secondary N) is 1. The van der Waals surface area contributed by atoms with Crippen LogP contribution < -0.4 is 5.32 Å². The Hall–Kier alpha value is -1.69. The Labute approximate surface area is 99.0 Å². The Balaban J connectivity index is 1.81. The third-order valence-electron chi connectivity index (χ3n) is 3.10. The highest BCUT2D eigenvalue weighted by Gasteiger charge is 2.23. The van der Waals surface area contributed by atoms with Gasteiger partial charge in [-0.15, -0.1) is 10.2 Å². The summed E-state index contributed by atoms with van der Waals surface area (Å²) in [4.78, 5) is 4.30. The van der Waals surface area contributed by atoms with Crippen LogP contribution >= 0.6 is 0 Å². The molecule has 1 aliphatic rings. The average Bonchev–Trinajstić information content (AvgIpc) is 3.00. The largest absolute Gasteiger partial charge is 0.376 e. The second-order valence-corrected chi connectivity index (χ2v) is 4.32. The standard InChI is InChI=1S/C11H15N5O/c1-8(9-3-2-6-17-9)14-10-11-15-13-7-16(11)5-4-12-10/h4-5,7-9H,2-3,6H2,1H3,(H,12,14). The lowest BCUT2D eigenvalue weighted by molar-refractivity contribution is 0.0996. The highest BCUT2D eigenvalue weighted by atomic mass is 16.5. The molecule has 1 N–H and O–H groups in total. The Bertz CT molecular complexity index is 505. The molecule has 2 aromatic rings. The maximum absolute atomic E-state index is 5.65. The molecule has 17 heavy (non-hydrogen) atoms. The number of nitrogens with zero attached hydrogens (tertiary/aromatic N) is 4. The summed E-state index contributed by atoms with van der Waals surface area (Å²) in [6.45, 7) is 2.97. The van der Waals surface area contributed by atoms with E-state index in [0.29, 0.717) is 0 Å². The molecular weight excluding hydrogens is 218 g/mol. The van der Waals surface area contributed by atoms with Crippen LogP contribution in [0.25, 0.3) is 5.65 Å². The van der Waals surface area contributed by atoms with Crippen LogP contribution in [0.5, 0.6) is 0 Å². The zero-order valence-electron chi connectivity index (χ0n) is 9.71. The molecule has 0 aliphatic carbocycles. The van der Waals surface area contributed by atoms with Gasteiger partial charge in [0.05, 0.1) is 12.1 Å². The zero-order chi connectivity index (χ0) is 11.7. The fraction of sp³-hybridized carbons (Fsp3) is 0.545. The van der Waals surface area contributed by atoms with Crippen LogP contribution in [0.2, 0.25) is 0 Å². The van der Waals surface area contributed by atoms with E-state index in [1.54, 1.807) is 12.5 Å². The lowest BCUT2D eigenvalue weighted by atomic mass is 10.1. The predicted octanol–water partition coefficient (Wildman–Crippen LogP) is 1.10. The lowest BCUT2D eigenvalue weighted by Gasteiger charge is -2.20. The number of aromatic nitrogens is 4. The quantitative estimate of drug-likeness (QED) is 0.860. The maximum Gasteiger partial charge on any atom is 0.203 e. The van der Waals surface area contributed by atoms with Gasteiger partial charge in [0, 0.05) is 19.0 Å². The first-order chi connectivity index (χ1) is 8.34. The minimum Gasteiger partial charge on any atom is -0.376 e. The van der Waals surface area contributed by atoms with Gasteiger partial charge in [-0.25, -0.2) is 4.98 Å². The molecule has 2 aromatic heterocycles. The molecule has 0 aromatic carbocycles. The van der Waals surface area contributed by atoms with Gasteiger partial charge in [0.15, 0.2) is 5.82 Å². The normalized spacial score (nSPS) is 21.8. The Kier molecular flexibility index (Phi) is 2.64. The monoisotopic (exact) mass is 233 g/mol. The highest BCUT2D eigenvalue weighted by Crippen LogP contribution is 2.19. The van der Waals surface area contributed by atoms with Gasteiger partial charge in [0.2, 0.25) is 5.65 Å². The molecule has 6 nitrogen and oxygen atoms in total. The third kappa shape index (κ3) is 1.95. The molecule has 2 atom stereocenters. The van der Waals surface area contributed by atoms with Gasteiger partial charge in [-0.1, -0.05) is 0 Å². The van der Waals surface area contributed by atoms with Gasteiger partial charge in [-0.2, -0.15) is 0 Å². The first-order valence-electron chi connectivity index (χ1n) is 5.87. The van der Waals surface area contributed by atoms with E-state index in [1.807, 2.05) is 10.6 Å². The Morgan fingerprint density at radius 2 is 2.53 bits per heavy atom. The van der Waals surface area contributed by atoms with Crippen molar-refractivity contribution in [3.05, 3.63) is 18.7 Å². The third-order valence-corrected chi connectivity index (χ3v) is 3.10. The SMILES string of the molecule is CC(Nc1nccn2cnnc12)C1CCCO1. The summed E-state index contributed by atoms with van der Waals surface area (Å²) < 4.78 is 7.49. The van der Waals surface area contributed by atoms with E-state index in [0.717, 1.165) is 30.9 Å². The second kappa shape index (κ2) is 4.29. The summed E-state index contributed by atoms with van der Waals surface area (Å²) >= 11 is 0. The summed E-state index contributed by atoms with van der Waals surface area (Å²) in [6.07, 6.45) is 7.74. The minimum absolute atomic E-state index is 0.230. The first kappa shape index (κ1) is 10.5. The number of fused-ring (bicyclic) bond motifs is 1. The van der Waals surface area contributed by atoms with E-state index >= 15 is 0 Å². The fourth-order valence-corrected chi connectivity index (χ4v) is 2.17. The molecule has 0 spiro atoms. The minimum atomic E-state index is 0.230. The summed E-state index contributed by atoms with van der Waals surface area (Å²) in [7, 11) is 0. The van der Waals surface area contributed by atoms with E-state index in [9.17, 15) is 0 Å². The maximum atomic E-state index is 5.65. The molecule has 1 saturated heterocycles. The number of rotatable bonds is 3. The summed E-state index contributed by atoms with van der Waals surface area (Å²) in [5, 5.41) is 11.3. The van der Waals surface area contributed by atoms with Crippen molar-refractivity contribution in [2.24, 2.45) is 0 Å². The fourth-order valence-electron chi connectivity index (χ4n) is 2.17. The van der Waals surface area contributed by atoms with Crippen LogP contribution in [0.4, 0.5) is 5.82 Å². The molecule has 0 saturated carbocycles. The smallest absolute Gasteiger partial charge is 0.203 e. The lowest BCUT2D eigenvalue weighted by Crippen LogP contribution is -2.30. The van der Waals surface area contributed by atoms with Crippen molar-refractivity contribution in [1.82, 2.24) is 19.6 Å². The second-order valence-electron chi connectivity index (χ2n) is 4.32. The molecule has 3 rings (SSSR count). The van der Waals surface area contributed by atoms with Gasteiger partial charge in [-0.05, 0) is 19.8 Å². The molecule has 90 valence electrons. The molecule has 1 fully saturated rings. The van der Waals surface area contributed by atoms with Gasteiger partial charge >= 0.3 is 0 Å². The van der Waals surface area contributed by atoms with E-state index in [2.05, 4.69) is 27.4 Å². The van der Waals surface area contributed by atoms with E-state index in [1.165, 1.54) is 0 Å². The van der Waals surface area contributed by atoms with Crippen LogP contribution in [0, 0.1) is 0 Å². The van der Waals surface area contributed by atoms with E-state index in [4.69, 9.17) is 4.74 Å². The van der Waals surface area contributed by atoms with Gasteiger partial charge in [0.25, 0.3) is 0 Å². The highest BCUT2D eigenvalue weighted by molar-refractivity contribution is 5.61. The van der Waals surface area contributed by atoms with Crippen LogP contribution in [-0.4, -0.2) is 38.3 Å². The van der Waals surface area contributed by atoms with Crippen molar-refractivity contribution in [3.8, 4) is 0 Å². The van der Waals surface area contributed by atoms with Crippen molar-refractivity contribution in [3.63, 3.8) is 0 Å². The molecule has 6 heteroatoms. The Morgan fingerprint density at radius 1 is 1.59 bits per heavy atom. The predicted molar refractivity (Wildman–Crippen MR) is 62.8 cm³/mol. The average molecular weight is 233 g/mol. The zero-order valence-corrected chi connectivity index (χ0v) is 9.71. The number of hydrogen-bond donors (Lipinski definition) is 1. The Morgan fingerprint density at radius 3 is 3.35 bits per heavy atom. The van der Waals surface area contributed by atoms with Gasteiger partial charge in [-0.3, -0.25) is 4.40 Å². The van der Waals surface area contributed by atoms with Crippen molar-refractivity contribution >= 4 is 11.5 Å². The van der Waals surface area contributed by atoms with Crippen LogP contribution in [-0.2, 0) is 4.74 Å². The number of anilines is 1. The molecule has 1 aliphatic heterocycles. The number of ether oxygens (including phenoxy) is 1. The van der Waals surface area contributed by atoms with Crippen LogP contribution in [0.1, 0.15) is 19.8 Å². The van der Waals surface area contributed by atoms with E-state index in [-0.39, 0.29) is 12.1 Å². The van der Waals surface area contributed by atoms with Crippen molar-refractivity contribution < 1.29 is 4.74 Å². The summed E-state index contributed by atoms with van der Waals surface area (Å²) in [5.41, 5.74) is 0.748. The van der Waals surface area contributed by atoms with Crippen molar-refractivity contribution in [2.75, 3.05) is 11.9 Å². The molecule has 0 bridgehead atoms. The van der Waals surface area contributed by atoms with Gasteiger partial charge < -0.3 is 10.1 Å². The topological polar surface area (TPSA) is 64.3 Å². The first-order valence-corrected chi connectivity index (χ1v) is 5.87. The molecule has 0 amide bonds. The summed E-state index contributed by atoms with van der Waals surface area (Å²) in [6, 6.07) is 0.230. The summed E-state index contributed by atoms with van der Waals surface area (Å²) in [5.74, 6) is 0.757. The van der Waals surface area contributed by atoms with Crippen LogP contribution in [0.3, 0.4) is 0 Å². The van der Waals surface area contributed by atoms with Crippen molar-refractivity contribution in [2.45, 2.75) is 31.9 Å². The molecule has 0 radical (unpaired) electrons. The van der Waals surface area contributed by atoms with Crippen LogP contribution in [0.15, 0.2) is 18.7 Å². The molecule has 3 heterocycles. The molecular formula is C11H15N5O.